The SMILES string of the molecule is NC1(c2nc(-c3cncs3)cs2)CCCCCC1. The average Bonchev–Trinajstić information content (AvgIpc) is 3.00. The van der Waals surface area contributed by atoms with E-state index >= 15 is 0 Å². The Bertz CT molecular complexity index is 496. The number of hydrogen-bond acceptors (Lipinski definition) is 5. The van der Waals surface area contributed by atoms with Gasteiger partial charge in [0, 0.05) is 11.6 Å². The van der Waals surface area contributed by atoms with Crippen molar-refractivity contribution in [3.8, 4) is 10.6 Å². The highest BCUT2D eigenvalue weighted by Gasteiger charge is 2.31. The van der Waals surface area contributed by atoms with E-state index in [1.807, 2.05) is 11.7 Å². The number of nitrogens with zero attached hydrogens (tertiary/aromatic N) is 2. The van der Waals surface area contributed by atoms with Crippen molar-refractivity contribution in [1.29, 1.82) is 0 Å². The van der Waals surface area contributed by atoms with Crippen molar-refractivity contribution in [2.24, 2.45) is 5.73 Å². The van der Waals surface area contributed by atoms with E-state index in [2.05, 4.69) is 10.4 Å². The van der Waals surface area contributed by atoms with Crippen molar-refractivity contribution in [3.63, 3.8) is 0 Å². The van der Waals surface area contributed by atoms with Gasteiger partial charge in [-0.15, -0.1) is 22.7 Å². The van der Waals surface area contributed by atoms with Crippen molar-refractivity contribution in [2.45, 2.75) is 44.1 Å². The Kier molecular flexibility index (Phi) is 3.46. The number of rotatable bonds is 2. The summed E-state index contributed by atoms with van der Waals surface area (Å²) in [5.41, 5.74) is 9.27. The molecule has 2 aromatic rings. The minimum Gasteiger partial charge on any atom is -0.319 e. The highest BCUT2D eigenvalue weighted by Crippen LogP contribution is 2.37. The van der Waals surface area contributed by atoms with Crippen LogP contribution in [0.3, 0.4) is 0 Å². The van der Waals surface area contributed by atoms with Crippen LogP contribution in [0, 0.1) is 0 Å². The zero-order valence-electron chi connectivity index (χ0n) is 10.3. The van der Waals surface area contributed by atoms with Crippen molar-refractivity contribution < 1.29 is 0 Å². The van der Waals surface area contributed by atoms with E-state index in [-0.39, 0.29) is 5.54 Å². The largest absolute Gasteiger partial charge is 0.319 e. The molecule has 3 nitrogen and oxygen atoms in total. The molecule has 0 aromatic carbocycles. The molecular weight excluding hydrogens is 262 g/mol. The van der Waals surface area contributed by atoms with Crippen LogP contribution in [0.15, 0.2) is 17.1 Å². The molecule has 1 aliphatic rings. The van der Waals surface area contributed by atoms with Gasteiger partial charge in [0.15, 0.2) is 0 Å². The van der Waals surface area contributed by atoms with Crippen molar-refractivity contribution in [2.75, 3.05) is 0 Å². The molecule has 0 saturated heterocycles. The Balaban J connectivity index is 1.88. The molecule has 3 rings (SSSR count). The molecule has 0 radical (unpaired) electrons. The van der Waals surface area contributed by atoms with E-state index < -0.39 is 0 Å². The van der Waals surface area contributed by atoms with Crippen LogP contribution in [0.2, 0.25) is 0 Å². The number of thiazole rings is 2. The molecule has 0 spiro atoms. The summed E-state index contributed by atoms with van der Waals surface area (Å²) in [4.78, 5) is 9.99. The molecular formula is C13H17N3S2. The first-order chi connectivity index (χ1) is 8.78. The van der Waals surface area contributed by atoms with Gasteiger partial charge in [-0.2, -0.15) is 0 Å². The number of aromatic nitrogens is 2. The van der Waals surface area contributed by atoms with Crippen LogP contribution in [0.25, 0.3) is 10.6 Å². The van der Waals surface area contributed by atoms with Crippen molar-refractivity contribution in [3.05, 3.63) is 22.1 Å². The van der Waals surface area contributed by atoms with Crippen LogP contribution < -0.4 is 5.73 Å². The lowest BCUT2D eigenvalue weighted by Gasteiger charge is -2.25. The van der Waals surface area contributed by atoms with Crippen LogP contribution in [-0.4, -0.2) is 9.97 Å². The summed E-state index contributed by atoms with van der Waals surface area (Å²) < 4.78 is 0. The van der Waals surface area contributed by atoms with E-state index in [0.717, 1.165) is 28.4 Å². The third-order valence-corrected chi connectivity index (χ3v) is 5.47. The lowest BCUT2D eigenvalue weighted by atomic mass is 9.92. The minimum atomic E-state index is -0.190. The first kappa shape index (κ1) is 12.3. The molecule has 1 fully saturated rings. The molecule has 0 bridgehead atoms. The molecule has 2 N–H and O–H groups in total. The second-order valence-electron chi connectivity index (χ2n) is 4.97. The van der Waals surface area contributed by atoms with Gasteiger partial charge < -0.3 is 5.73 Å². The molecule has 2 heterocycles. The Morgan fingerprint density at radius 1 is 1.11 bits per heavy atom. The van der Waals surface area contributed by atoms with E-state index in [1.54, 1.807) is 22.7 Å². The fraction of sp³-hybridized carbons (Fsp3) is 0.538. The summed E-state index contributed by atoms with van der Waals surface area (Å²) >= 11 is 3.34. The zero-order valence-corrected chi connectivity index (χ0v) is 11.9. The molecule has 18 heavy (non-hydrogen) atoms. The van der Waals surface area contributed by atoms with Crippen LogP contribution in [0.5, 0.6) is 0 Å². The normalized spacial score (nSPS) is 19.6. The third kappa shape index (κ3) is 2.35. The summed E-state index contributed by atoms with van der Waals surface area (Å²) in [6, 6.07) is 0. The predicted octanol–water partition coefficient (Wildman–Crippen LogP) is 3.77. The van der Waals surface area contributed by atoms with Crippen LogP contribution in [0.1, 0.15) is 43.5 Å². The van der Waals surface area contributed by atoms with Crippen LogP contribution >= 0.6 is 22.7 Å². The lowest BCUT2D eigenvalue weighted by molar-refractivity contribution is 0.384. The molecule has 0 aliphatic heterocycles. The number of nitrogens with two attached hydrogens (primary N) is 1. The van der Waals surface area contributed by atoms with Gasteiger partial charge in [0.25, 0.3) is 0 Å². The van der Waals surface area contributed by atoms with Crippen LogP contribution in [0.4, 0.5) is 0 Å². The smallest absolute Gasteiger partial charge is 0.113 e. The molecule has 1 saturated carbocycles. The van der Waals surface area contributed by atoms with Gasteiger partial charge in [-0.3, -0.25) is 4.98 Å². The monoisotopic (exact) mass is 279 g/mol. The van der Waals surface area contributed by atoms with Gasteiger partial charge in [0.1, 0.15) is 5.01 Å². The fourth-order valence-corrected chi connectivity index (χ4v) is 4.18. The maximum atomic E-state index is 6.58. The third-order valence-electron chi connectivity index (χ3n) is 3.61. The topological polar surface area (TPSA) is 51.8 Å². The quantitative estimate of drug-likeness (QED) is 0.851. The molecule has 96 valence electrons. The van der Waals surface area contributed by atoms with E-state index in [9.17, 15) is 0 Å². The minimum absolute atomic E-state index is 0.190. The predicted molar refractivity (Wildman–Crippen MR) is 76.8 cm³/mol. The molecule has 2 aromatic heterocycles. The average molecular weight is 279 g/mol. The van der Waals surface area contributed by atoms with Crippen molar-refractivity contribution >= 4 is 22.7 Å². The van der Waals surface area contributed by atoms with Gasteiger partial charge in [0.05, 0.1) is 21.6 Å². The lowest BCUT2D eigenvalue weighted by Crippen LogP contribution is -2.35. The first-order valence-electron chi connectivity index (χ1n) is 6.42. The Morgan fingerprint density at radius 2 is 1.89 bits per heavy atom. The van der Waals surface area contributed by atoms with Gasteiger partial charge in [-0.25, -0.2) is 4.98 Å². The van der Waals surface area contributed by atoms with E-state index in [1.165, 1.54) is 25.7 Å². The fourth-order valence-electron chi connectivity index (χ4n) is 2.53. The highest BCUT2D eigenvalue weighted by atomic mass is 32.1. The standard InChI is InChI=1S/C13H17N3S2/c14-13(5-3-1-2-4-6-13)12-16-10(8-17-12)11-7-15-9-18-11/h7-9H,1-6,14H2. The Hall–Kier alpha value is -0.780. The zero-order chi connectivity index (χ0) is 12.4. The maximum Gasteiger partial charge on any atom is 0.113 e. The van der Waals surface area contributed by atoms with E-state index in [0.29, 0.717) is 0 Å². The van der Waals surface area contributed by atoms with Crippen molar-refractivity contribution in [1.82, 2.24) is 9.97 Å². The van der Waals surface area contributed by atoms with Gasteiger partial charge in [0.2, 0.25) is 0 Å². The molecule has 1 aliphatic carbocycles. The number of hydrogen-bond donors (Lipinski definition) is 1. The van der Waals surface area contributed by atoms with Gasteiger partial charge >= 0.3 is 0 Å². The van der Waals surface area contributed by atoms with Crippen LogP contribution in [-0.2, 0) is 5.54 Å². The van der Waals surface area contributed by atoms with Gasteiger partial charge in [-0.1, -0.05) is 25.7 Å². The summed E-state index contributed by atoms with van der Waals surface area (Å²) in [6.45, 7) is 0. The highest BCUT2D eigenvalue weighted by molar-refractivity contribution is 7.14. The molecule has 0 atom stereocenters. The summed E-state index contributed by atoms with van der Waals surface area (Å²) in [7, 11) is 0. The molecule has 0 amide bonds. The first-order valence-corrected chi connectivity index (χ1v) is 8.18. The summed E-state index contributed by atoms with van der Waals surface area (Å²) in [5, 5.41) is 3.22. The van der Waals surface area contributed by atoms with Gasteiger partial charge in [-0.05, 0) is 12.8 Å². The van der Waals surface area contributed by atoms with E-state index in [4.69, 9.17) is 10.7 Å². The maximum absolute atomic E-state index is 6.58. The Morgan fingerprint density at radius 3 is 2.56 bits per heavy atom. The summed E-state index contributed by atoms with van der Waals surface area (Å²) in [5.74, 6) is 0. The molecule has 0 unspecified atom stereocenters. The molecule has 5 heteroatoms. The second kappa shape index (κ2) is 5.07. The summed E-state index contributed by atoms with van der Waals surface area (Å²) in [6.07, 6.45) is 9.10. The second-order valence-corrected chi connectivity index (χ2v) is 6.72. The Labute approximate surface area is 115 Å².